The molecule has 0 saturated carbocycles. The van der Waals surface area contributed by atoms with Crippen LogP contribution < -0.4 is 15.5 Å². The van der Waals surface area contributed by atoms with Crippen LogP contribution in [0.4, 0.5) is 16.2 Å². The Hall–Kier alpha value is -2.18. The Balaban J connectivity index is 1.97. The molecule has 0 fully saturated rings. The maximum Gasteiger partial charge on any atom is 0.319 e. The first-order valence-electron chi connectivity index (χ1n) is 6.71. The van der Waals surface area contributed by atoms with E-state index < -0.39 is 12.1 Å². The van der Waals surface area contributed by atoms with Gasteiger partial charge >= 0.3 is 6.03 Å². The Morgan fingerprint density at radius 1 is 1.36 bits per heavy atom. The molecule has 2 amide bonds. The van der Waals surface area contributed by atoms with E-state index in [1.54, 1.807) is 30.3 Å². The Kier molecular flexibility index (Phi) is 5.30. The van der Waals surface area contributed by atoms with E-state index in [-0.39, 0.29) is 6.54 Å². The number of amides is 2. The number of furan rings is 1. The molecule has 0 aliphatic rings. The smallest absolute Gasteiger partial charge is 0.319 e. The highest BCUT2D eigenvalue weighted by Crippen LogP contribution is 2.32. The summed E-state index contributed by atoms with van der Waals surface area (Å²) in [5.74, 6) is 0.400. The normalized spacial score (nSPS) is 11.8. The van der Waals surface area contributed by atoms with Crippen molar-refractivity contribution >= 4 is 29.0 Å². The van der Waals surface area contributed by atoms with Crippen LogP contribution >= 0.6 is 11.6 Å². The lowest BCUT2D eigenvalue weighted by molar-refractivity contribution is 0.149. The van der Waals surface area contributed by atoms with Crippen LogP contribution in [0.5, 0.6) is 0 Å². The minimum atomic E-state index is -0.895. The average Bonchev–Trinajstić information content (AvgIpc) is 2.98. The highest BCUT2D eigenvalue weighted by molar-refractivity contribution is 6.34. The van der Waals surface area contributed by atoms with Gasteiger partial charge in [0.1, 0.15) is 11.9 Å². The van der Waals surface area contributed by atoms with Gasteiger partial charge in [0, 0.05) is 14.1 Å². The minimum Gasteiger partial charge on any atom is -0.467 e. The van der Waals surface area contributed by atoms with Crippen molar-refractivity contribution in [3.05, 3.63) is 47.4 Å². The summed E-state index contributed by atoms with van der Waals surface area (Å²) < 4.78 is 5.07. The van der Waals surface area contributed by atoms with E-state index in [0.29, 0.717) is 22.2 Å². The lowest BCUT2D eigenvalue weighted by atomic mass is 10.2. The molecule has 2 aromatic rings. The van der Waals surface area contributed by atoms with Crippen molar-refractivity contribution in [2.45, 2.75) is 6.10 Å². The number of carbonyl (C=O) groups excluding carboxylic acids is 1. The molecule has 0 aliphatic carbocycles. The van der Waals surface area contributed by atoms with Gasteiger partial charge in [0.15, 0.2) is 0 Å². The Bertz CT molecular complexity index is 629. The van der Waals surface area contributed by atoms with Crippen molar-refractivity contribution in [1.82, 2.24) is 5.32 Å². The number of aliphatic hydroxyl groups excluding tert-OH is 1. The summed E-state index contributed by atoms with van der Waals surface area (Å²) >= 11 is 6.14. The maximum atomic E-state index is 11.9. The highest BCUT2D eigenvalue weighted by atomic mass is 35.5. The van der Waals surface area contributed by atoms with Gasteiger partial charge in [-0.3, -0.25) is 0 Å². The van der Waals surface area contributed by atoms with Gasteiger partial charge in [-0.25, -0.2) is 4.79 Å². The zero-order valence-corrected chi connectivity index (χ0v) is 13.1. The fraction of sp³-hybridized carbons (Fsp3) is 0.267. The zero-order chi connectivity index (χ0) is 16.1. The number of rotatable bonds is 5. The second-order valence-electron chi connectivity index (χ2n) is 4.90. The quantitative estimate of drug-likeness (QED) is 0.790. The topological polar surface area (TPSA) is 77.7 Å². The number of benzene rings is 1. The van der Waals surface area contributed by atoms with Gasteiger partial charge in [-0.2, -0.15) is 0 Å². The number of nitrogens with zero attached hydrogens (tertiary/aromatic N) is 1. The van der Waals surface area contributed by atoms with E-state index in [1.807, 2.05) is 19.0 Å². The fourth-order valence-electron chi connectivity index (χ4n) is 2.01. The third kappa shape index (κ3) is 3.93. The summed E-state index contributed by atoms with van der Waals surface area (Å²) in [6.45, 7) is 0.0389. The van der Waals surface area contributed by atoms with Gasteiger partial charge in [0.25, 0.3) is 0 Å². The number of halogens is 1. The Morgan fingerprint density at radius 2 is 2.14 bits per heavy atom. The predicted octanol–water partition coefficient (Wildman–Crippen LogP) is 2.85. The largest absolute Gasteiger partial charge is 0.467 e. The highest BCUT2D eigenvalue weighted by Gasteiger charge is 2.14. The molecule has 0 spiro atoms. The van der Waals surface area contributed by atoms with Gasteiger partial charge in [0.2, 0.25) is 0 Å². The molecule has 7 heteroatoms. The molecule has 1 aromatic carbocycles. The minimum absolute atomic E-state index is 0.0389. The third-order valence-corrected chi connectivity index (χ3v) is 3.31. The number of para-hydroxylation sites is 1. The molecule has 1 unspecified atom stereocenters. The van der Waals surface area contributed by atoms with Gasteiger partial charge in [-0.15, -0.1) is 0 Å². The standard InChI is InChI=1S/C15H18ClN3O3/c1-19(2)14-10(16)5-3-6-11(14)18-15(21)17-9-12(20)13-7-4-8-22-13/h3-8,12,20H,9H2,1-2H3,(H2,17,18,21). The summed E-state index contributed by atoms with van der Waals surface area (Å²) in [5, 5.41) is 15.7. The Labute approximate surface area is 133 Å². The monoisotopic (exact) mass is 323 g/mol. The van der Waals surface area contributed by atoms with Crippen LogP contribution in [0.3, 0.4) is 0 Å². The van der Waals surface area contributed by atoms with Crippen molar-refractivity contribution in [2.24, 2.45) is 0 Å². The number of carbonyl (C=O) groups is 1. The second kappa shape index (κ2) is 7.20. The van der Waals surface area contributed by atoms with Crippen LogP contribution in [0.25, 0.3) is 0 Å². The number of anilines is 2. The summed E-state index contributed by atoms with van der Waals surface area (Å²) in [7, 11) is 3.68. The summed E-state index contributed by atoms with van der Waals surface area (Å²) in [6.07, 6.45) is 0.571. The van der Waals surface area contributed by atoms with E-state index >= 15 is 0 Å². The molecule has 0 saturated heterocycles. The number of hydrogen-bond acceptors (Lipinski definition) is 4. The molecule has 1 heterocycles. The van der Waals surface area contributed by atoms with E-state index in [2.05, 4.69) is 10.6 Å². The van der Waals surface area contributed by atoms with Gasteiger partial charge in [-0.05, 0) is 24.3 Å². The van der Waals surface area contributed by atoms with Crippen molar-refractivity contribution in [3.63, 3.8) is 0 Å². The molecule has 22 heavy (non-hydrogen) atoms. The zero-order valence-electron chi connectivity index (χ0n) is 12.3. The summed E-state index contributed by atoms with van der Waals surface area (Å²) in [4.78, 5) is 13.8. The Morgan fingerprint density at radius 3 is 2.77 bits per heavy atom. The molecule has 1 aromatic heterocycles. The molecule has 6 nitrogen and oxygen atoms in total. The van der Waals surface area contributed by atoms with E-state index in [0.717, 1.165) is 0 Å². The van der Waals surface area contributed by atoms with Gasteiger partial charge < -0.3 is 25.1 Å². The first kappa shape index (κ1) is 16.2. The van der Waals surface area contributed by atoms with Crippen LogP contribution in [0.2, 0.25) is 5.02 Å². The third-order valence-electron chi connectivity index (χ3n) is 3.01. The SMILES string of the molecule is CN(C)c1c(Cl)cccc1NC(=O)NCC(O)c1ccco1. The summed E-state index contributed by atoms with van der Waals surface area (Å²) in [6, 6.07) is 8.14. The van der Waals surface area contributed by atoms with Crippen molar-refractivity contribution in [3.8, 4) is 0 Å². The molecule has 2 rings (SSSR count). The average molecular weight is 324 g/mol. The number of nitrogens with one attached hydrogen (secondary N) is 2. The van der Waals surface area contributed by atoms with Crippen LogP contribution in [-0.4, -0.2) is 31.8 Å². The van der Waals surface area contributed by atoms with Crippen molar-refractivity contribution < 1.29 is 14.3 Å². The van der Waals surface area contributed by atoms with Crippen molar-refractivity contribution in [2.75, 3.05) is 30.9 Å². The molecule has 118 valence electrons. The number of hydrogen-bond donors (Lipinski definition) is 3. The molecule has 0 aliphatic heterocycles. The molecule has 3 N–H and O–H groups in total. The number of aliphatic hydroxyl groups is 1. The second-order valence-corrected chi connectivity index (χ2v) is 5.30. The predicted molar refractivity (Wildman–Crippen MR) is 86.5 cm³/mol. The van der Waals surface area contributed by atoms with Crippen LogP contribution in [0.15, 0.2) is 41.0 Å². The van der Waals surface area contributed by atoms with E-state index in [4.69, 9.17) is 16.0 Å². The lowest BCUT2D eigenvalue weighted by Gasteiger charge is -2.19. The van der Waals surface area contributed by atoms with Gasteiger partial charge in [0.05, 0.1) is 29.2 Å². The first-order chi connectivity index (χ1) is 10.5. The van der Waals surface area contributed by atoms with Crippen LogP contribution in [-0.2, 0) is 0 Å². The maximum absolute atomic E-state index is 11.9. The van der Waals surface area contributed by atoms with E-state index in [1.165, 1.54) is 6.26 Å². The molecular formula is C15H18ClN3O3. The summed E-state index contributed by atoms with van der Waals surface area (Å²) in [5.41, 5.74) is 1.30. The molecule has 0 radical (unpaired) electrons. The molecule has 1 atom stereocenters. The van der Waals surface area contributed by atoms with E-state index in [9.17, 15) is 9.90 Å². The molecular weight excluding hydrogens is 306 g/mol. The van der Waals surface area contributed by atoms with Crippen LogP contribution in [0.1, 0.15) is 11.9 Å². The number of urea groups is 1. The molecule has 0 bridgehead atoms. The lowest BCUT2D eigenvalue weighted by Crippen LogP contribution is -2.32. The van der Waals surface area contributed by atoms with Crippen LogP contribution in [0, 0.1) is 0 Å². The van der Waals surface area contributed by atoms with Gasteiger partial charge in [-0.1, -0.05) is 17.7 Å². The van der Waals surface area contributed by atoms with Crippen molar-refractivity contribution in [1.29, 1.82) is 0 Å². The first-order valence-corrected chi connectivity index (χ1v) is 7.09. The fourth-order valence-corrected chi connectivity index (χ4v) is 2.35.